The van der Waals surface area contributed by atoms with E-state index in [1.807, 2.05) is 12.2 Å². The van der Waals surface area contributed by atoms with Crippen LogP contribution in [0.5, 0.6) is 0 Å². The third-order valence-electron chi connectivity index (χ3n) is 1.09. The van der Waals surface area contributed by atoms with Crippen LogP contribution in [0.1, 0.15) is 6.42 Å². The summed E-state index contributed by atoms with van der Waals surface area (Å²) in [5.74, 6) is 0. The summed E-state index contributed by atoms with van der Waals surface area (Å²) in [6, 6.07) is 0. The van der Waals surface area contributed by atoms with E-state index in [1.54, 1.807) is 0 Å². The average molecular weight is 112 g/mol. The molecule has 1 aliphatic heterocycles. The van der Waals surface area contributed by atoms with Crippen molar-refractivity contribution in [2.45, 2.75) is 12.5 Å². The lowest BCUT2D eigenvalue weighted by molar-refractivity contribution is -0.117. The predicted molar refractivity (Wildman–Crippen MR) is 29.6 cm³/mol. The molecule has 0 aromatic rings. The molecule has 1 aliphatic rings. The zero-order valence-corrected chi connectivity index (χ0v) is 4.54. The predicted octanol–water partition coefficient (Wildman–Crippen LogP) is 0.530. The van der Waals surface area contributed by atoms with Gasteiger partial charge in [-0.1, -0.05) is 12.2 Å². The van der Waals surface area contributed by atoms with Crippen LogP contribution in [0.2, 0.25) is 0 Å². The van der Waals surface area contributed by atoms with Gasteiger partial charge in [0.1, 0.15) is 12.4 Å². The van der Waals surface area contributed by atoms with Gasteiger partial charge in [-0.2, -0.15) is 0 Å². The van der Waals surface area contributed by atoms with E-state index >= 15 is 0 Å². The molecule has 0 bridgehead atoms. The summed E-state index contributed by atoms with van der Waals surface area (Å²) in [7, 11) is 0. The minimum atomic E-state index is -0.181. The summed E-state index contributed by atoms with van der Waals surface area (Å²) in [5, 5.41) is 0. The van der Waals surface area contributed by atoms with Crippen molar-refractivity contribution in [2.24, 2.45) is 0 Å². The van der Waals surface area contributed by atoms with E-state index in [9.17, 15) is 4.79 Å². The second-order valence-electron chi connectivity index (χ2n) is 1.71. The molecule has 2 heteroatoms. The van der Waals surface area contributed by atoms with Crippen molar-refractivity contribution >= 4 is 6.29 Å². The molecule has 0 radical (unpaired) electrons. The van der Waals surface area contributed by atoms with Gasteiger partial charge in [0.05, 0.1) is 6.61 Å². The lowest BCUT2D eigenvalue weighted by atomic mass is 10.2. The first kappa shape index (κ1) is 5.51. The average Bonchev–Trinajstić information content (AvgIpc) is 1.90. The zero-order valence-electron chi connectivity index (χ0n) is 4.54. The highest BCUT2D eigenvalue weighted by atomic mass is 16.5. The molecule has 0 saturated heterocycles. The SMILES string of the molecule is O=CC1CC=CCO1. The highest BCUT2D eigenvalue weighted by Gasteiger charge is 2.06. The van der Waals surface area contributed by atoms with Crippen LogP contribution in [0.25, 0.3) is 0 Å². The largest absolute Gasteiger partial charge is 0.366 e. The Morgan fingerprint density at radius 1 is 1.62 bits per heavy atom. The van der Waals surface area contributed by atoms with Crippen LogP contribution < -0.4 is 0 Å². The molecule has 44 valence electrons. The van der Waals surface area contributed by atoms with Gasteiger partial charge >= 0.3 is 0 Å². The Balaban J connectivity index is 2.37. The minimum Gasteiger partial charge on any atom is -0.366 e. The van der Waals surface area contributed by atoms with Gasteiger partial charge in [0.2, 0.25) is 0 Å². The monoisotopic (exact) mass is 112 g/mol. The van der Waals surface area contributed by atoms with E-state index in [0.717, 1.165) is 12.7 Å². The molecule has 1 unspecified atom stereocenters. The molecule has 1 rings (SSSR count). The molecule has 0 N–H and O–H groups in total. The summed E-state index contributed by atoms with van der Waals surface area (Å²) in [5.41, 5.74) is 0. The Labute approximate surface area is 48.1 Å². The number of ether oxygens (including phenoxy) is 1. The first-order valence-corrected chi connectivity index (χ1v) is 2.65. The van der Waals surface area contributed by atoms with Crippen molar-refractivity contribution in [3.63, 3.8) is 0 Å². The van der Waals surface area contributed by atoms with Gasteiger partial charge in [-0.3, -0.25) is 0 Å². The Morgan fingerprint density at radius 3 is 2.88 bits per heavy atom. The number of carbonyl (C=O) groups is 1. The fourth-order valence-electron chi connectivity index (χ4n) is 0.640. The molecule has 0 fully saturated rings. The lowest BCUT2D eigenvalue weighted by Gasteiger charge is -2.10. The van der Waals surface area contributed by atoms with Gasteiger partial charge < -0.3 is 9.53 Å². The number of carbonyl (C=O) groups excluding carboxylic acids is 1. The molecule has 0 amide bonds. The lowest BCUT2D eigenvalue weighted by Crippen LogP contribution is -2.16. The molecular weight excluding hydrogens is 104 g/mol. The number of aldehydes is 1. The van der Waals surface area contributed by atoms with Crippen molar-refractivity contribution in [2.75, 3.05) is 6.61 Å². The second kappa shape index (κ2) is 2.62. The Bertz CT molecular complexity index is 107. The van der Waals surface area contributed by atoms with E-state index in [1.165, 1.54) is 0 Å². The number of rotatable bonds is 1. The van der Waals surface area contributed by atoms with Crippen molar-refractivity contribution in [1.82, 2.24) is 0 Å². The van der Waals surface area contributed by atoms with Gasteiger partial charge in [0, 0.05) is 0 Å². The van der Waals surface area contributed by atoms with Crippen LogP contribution in [-0.4, -0.2) is 19.0 Å². The summed E-state index contributed by atoms with van der Waals surface area (Å²) >= 11 is 0. The van der Waals surface area contributed by atoms with E-state index in [0.29, 0.717) is 6.61 Å². The molecule has 1 atom stereocenters. The molecule has 8 heavy (non-hydrogen) atoms. The molecule has 2 nitrogen and oxygen atoms in total. The van der Waals surface area contributed by atoms with Crippen molar-refractivity contribution < 1.29 is 9.53 Å². The number of hydrogen-bond donors (Lipinski definition) is 0. The van der Waals surface area contributed by atoms with Crippen molar-refractivity contribution in [3.05, 3.63) is 12.2 Å². The molecule has 0 aliphatic carbocycles. The smallest absolute Gasteiger partial charge is 0.149 e. The first-order chi connectivity index (χ1) is 3.93. The fourth-order valence-corrected chi connectivity index (χ4v) is 0.640. The number of hydrogen-bond acceptors (Lipinski definition) is 2. The van der Waals surface area contributed by atoms with E-state index in [-0.39, 0.29) is 6.10 Å². The minimum absolute atomic E-state index is 0.181. The van der Waals surface area contributed by atoms with Crippen LogP contribution in [0.4, 0.5) is 0 Å². The molecule has 0 aromatic carbocycles. The maximum absolute atomic E-state index is 10.0. The van der Waals surface area contributed by atoms with Gasteiger partial charge in [0.25, 0.3) is 0 Å². The molecule has 0 spiro atoms. The Kier molecular flexibility index (Phi) is 1.80. The van der Waals surface area contributed by atoms with Crippen LogP contribution >= 0.6 is 0 Å². The molecule has 0 saturated carbocycles. The Hall–Kier alpha value is -0.630. The quantitative estimate of drug-likeness (QED) is 0.365. The van der Waals surface area contributed by atoms with Gasteiger partial charge in [-0.25, -0.2) is 0 Å². The molecular formula is C6H8O2. The topological polar surface area (TPSA) is 26.3 Å². The Morgan fingerprint density at radius 2 is 2.50 bits per heavy atom. The van der Waals surface area contributed by atoms with Crippen LogP contribution in [0.15, 0.2) is 12.2 Å². The highest BCUT2D eigenvalue weighted by Crippen LogP contribution is 2.01. The second-order valence-corrected chi connectivity index (χ2v) is 1.71. The maximum atomic E-state index is 10.0. The molecule has 1 heterocycles. The maximum Gasteiger partial charge on any atom is 0.149 e. The molecule has 0 aromatic heterocycles. The third-order valence-corrected chi connectivity index (χ3v) is 1.09. The van der Waals surface area contributed by atoms with E-state index < -0.39 is 0 Å². The van der Waals surface area contributed by atoms with E-state index in [4.69, 9.17) is 4.74 Å². The summed E-state index contributed by atoms with van der Waals surface area (Å²) < 4.78 is 4.97. The van der Waals surface area contributed by atoms with Crippen LogP contribution in [-0.2, 0) is 9.53 Å². The van der Waals surface area contributed by atoms with Gasteiger partial charge in [-0.05, 0) is 6.42 Å². The normalized spacial score (nSPS) is 27.8. The van der Waals surface area contributed by atoms with Crippen LogP contribution in [0, 0.1) is 0 Å². The summed E-state index contributed by atoms with van der Waals surface area (Å²) in [6.45, 7) is 0.587. The third kappa shape index (κ3) is 1.17. The standard InChI is InChI=1S/C6H8O2/c7-5-6-3-1-2-4-8-6/h1-2,5-6H,3-4H2. The van der Waals surface area contributed by atoms with Gasteiger partial charge in [0.15, 0.2) is 0 Å². The first-order valence-electron chi connectivity index (χ1n) is 2.65. The van der Waals surface area contributed by atoms with Crippen molar-refractivity contribution in [1.29, 1.82) is 0 Å². The zero-order chi connectivity index (χ0) is 5.82. The van der Waals surface area contributed by atoms with Gasteiger partial charge in [-0.15, -0.1) is 0 Å². The highest BCUT2D eigenvalue weighted by molar-refractivity contribution is 5.56. The van der Waals surface area contributed by atoms with E-state index in [2.05, 4.69) is 0 Å². The summed E-state index contributed by atoms with van der Waals surface area (Å²) in [4.78, 5) is 10.0. The summed E-state index contributed by atoms with van der Waals surface area (Å²) in [6.07, 6.45) is 5.27. The fraction of sp³-hybridized carbons (Fsp3) is 0.500. The van der Waals surface area contributed by atoms with Crippen molar-refractivity contribution in [3.8, 4) is 0 Å². The van der Waals surface area contributed by atoms with Crippen LogP contribution in [0.3, 0.4) is 0 Å².